The van der Waals surface area contributed by atoms with Gasteiger partial charge in [-0.1, -0.05) is 24.3 Å². The summed E-state index contributed by atoms with van der Waals surface area (Å²) in [5, 5.41) is 13.5. The van der Waals surface area contributed by atoms with Crippen LogP contribution in [0.3, 0.4) is 0 Å². The predicted octanol–water partition coefficient (Wildman–Crippen LogP) is 3.20. The third-order valence-corrected chi connectivity index (χ3v) is 3.72. The number of hydrogen-bond acceptors (Lipinski definition) is 5. The summed E-state index contributed by atoms with van der Waals surface area (Å²) in [4.78, 5) is 35.6. The molecule has 1 heterocycles. The van der Waals surface area contributed by atoms with Gasteiger partial charge in [0, 0.05) is 18.2 Å². The Kier molecular flexibility index (Phi) is 4.93. The van der Waals surface area contributed by atoms with Crippen LogP contribution >= 0.6 is 0 Å². The number of anilines is 2. The predicted molar refractivity (Wildman–Crippen MR) is 95.9 cm³/mol. The van der Waals surface area contributed by atoms with Gasteiger partial charge in [0.15, 0.2) is 0 Å². The second-order valence-corrected chi connectivity index (χ2v) is 5.46. The zero-order valence-electron chi connectivity index (χ0n) is 13.6. The fourth-order valence-electron chi connectivity index (χ4n) is 2.52. The zero-order valence-corrected chi connectivity index (χ0v) is 13.6. The van der Waals surface area contributed by atoms with Crippen LogP contribution in [-0.2, 0) is 9.53 Å². The standard InChI is InChI=1S/C18H15N3O5/c22-17(9-8-13-4-3-5-14(12-13)21(24)25)19-15-6-1-2-7-16(15)20-10-11-26-18(20)23/h1-9,12H,10-11H2,(H,19,22)/b9-8+. The van der Waals surface area contributed by atoms with Crippen molar-refractivity contribution >= 4 is 35.1 Å². The van der Waals surface area contributed by atoms with Gasteiger partial charge >= 0.3 is 6.09 Å². The number of nitrogens with one attached hydrogen (secondary N) is 1. The summed E-state index contributed by atoms with van der Waals surface area (Å²) in [5.41, 5.74) is 1.50. The zero-order chi connectivity index (χ0) is 18.5. The number of ether oxygens (including phenoxy) is 1. The number of cyclic esters (lactones) is 1. The number of benzene rings is 2. The van der Waals surface area contributed by atoms with E-state index in [1.54, 1.807) is 36.4 Å². The highest BCUT2D eigenvalue weighted by atomic mass is 16.6. The van der Waals surface area contributed by atoms with Crippen molar-refractivity contribution in [3.63, 3.8) is 0 Å². The average Bonchev–Trinajstić information content (AvgIpc) is 3.06. The van der Waals surface area contributed by atoms with E-state index in [0.29, 0.717) is 30.1 Å². The smallest absolute Gasteiger partial charge is 0.414 e. The highest BCUT2D eigenvalue weighted by Gasteiger charge is 2.25. The van der Waals surface area contributed by atoms with E-state index in [0.717, 1.165) is 0 Å². The summed E-state index contributed by atoms with van der Waals surface area (Å²) in [6.45, 7) is 0.711. The van der Waals surface area contributed by atoms with Crippen molar-refractivity contribution in [1.82, 2.24) is 0 Å². The Morgan fingerprint density at radius 1 is 1.23 bits per heavy atom. The molecule has 1 saturated heterocycles. The summed E-state index contributed by atoms with van der Waals surface area (Å²) >= 11 is 0. The van der Waals surface area contributed by atoms with Gasteiger partial charge in [0.2, 0.25) is 5.91 Å². The van der Waals surface area contributed by atoms with Gasteiger partial charge in [0.1, 0.15) is 6.61 Å². The van der Waals surface area contributed by atoms with Crippen LogP contribution in [0.25, 0.3) is 6.08 Å². The van der Waals surface area contributed by atoms with Crippen LogP contribution in [-0.4, -0.2) is 30.1 Å². The molecular formula is C18H15N3O5. The number of carbonyl (C=O) groups is 2. The largest absolute Gasteiger partial charge is 0.447 e. The van der Waals surface area contributed by atoms with E-state index in [9.17, 15) is 19.7 Å². The van der Waals surface area contributed by atoms with Crippen molar-refractivity contribution in [2.75, 3.05) is 23.4 Å². The molecule has 1 fully saturated rings. The molecule has 0 spiro atoms. The maximum Gasteiger partial charge on any atom is 0.414 e. The summed E-state index contributed by atoms with van der Waals surface area (Å²) in [7, 11) is 0. The molecule has 1 aliphatic heterocycles. The molecule has 0 aromatic heterocycles. The van der Waals surface area contributed by atoms with E-state index >= 15 is 0 Å². The molecule has 2 aromatic carbocycles. The van der Waals surface area contributed by atoms with Gasteiger partial charge in [0.05, 0.1) is 22.8 Å². The normalized spacial score (nSPS) is 13.7. The van der Waals surface area contributed by atoms with Crippen molar-refractivity contribution in [3.05, 3.63) is 70.3 Å². The lowest BCUT2D eigenvalue weighted by atomic mass is 10.2. The van der Waals surface area contributed by atoms with E-state index in [4.69, 9.17) is 4.74 Å². The maximum atomic E-state index is 12.2. The van der Waals surface area contributed by atoms with Crippen LogP contribution in [0.15, 0.2) is 54.6 Å². The molecule has 0 aliphatic carbocycles. The highest BCUT2D eigenvalue weighted by Crippen LogP contribution is 2.28. The van der Waals surface area contributed by atoms with Gasteiger partial charge in [-0.3, -0.25) is 19.8 Å². The first-order chi connectivity index (χ1) is 12.5. The second-order valence-electron chi connectivity index (χ2n) is 5.46. The second kappa shape index (κ2) is 7.47. The number of nitro benzene ring substituents is 1. The highest BCUT2D eigenvalue weighted by molar-refractivity contribution is 6.05. The lowest BCUT2D eigenvalue weighted by Crippen LogP contribution is -2.25. The molecule has 2 amide bonds. The molecule has 0 radical (unpaired) electrons. The molecule has 0 unspecified atom stereocenters. The topological polar surface area (TPSA) is 102 Å². The monoisotopic (exact) mass is 353 g/mol. The Morgan fingerprint density at radius 3 is 2.77 bits per heavy atom. The molecular weight excluding hydrogens is 338 g/mol. The number of non-ortho nitro benzene ring substituents is 1. The molecule has 8 nitrogen and oxygen atoms in total. The van der Waals surface area contributed by atoms with Crippen molar-refractivity contribution in [2.24, 2.45) is 0 Å². The van der Waals surface area contributed by atoms with Crippen LogP contribution in [0, 0.1) is 10.1 Å². The number of nitro groups is 1. The molecule has 0 atom stereocenters. The van der Waals surface area contributed by atoms with Gasteiger partial charge in [0.25, 0.3) is 5.69 Å². The van der Waals surface area contributed by atoms with Gasteiger partial charge in [-0.15, -0.1) is 0 Å². The van der Waals surface area contributed by atoms with Crippen molar-refractivity contribution < 1.29 is 19.2 Å². The molecule has 0 bridgehead atoms. The molecule has 1 aliphatic rings. The van der Waals surface area contributed by atoms with Crippen LogP contribution in [0.4, 0.5) is 21.9 Å². The minimum Gasteiger partial charge on any atom is -0.447 e. The first-order valence-electron chi connectivity index (χ1n) is 7.81. The van der Waals surface area contributed by atoms with Crippen LogP contribution in [0.5, 0.6) is 0 Å². The van der Waals surface area contributed by atoms with E-state index in [1.807, 2.05) is 0 Å². The molecule has 0 saturated carbocycles. The lowest BCUT2D eigenvalue weighted by Gasteiger charge is -2.17. The van der Waals surface area contributed by atoms with E-state index in [1.165, 1.54) is 29.2 Å². The van der Waals surface area contributed by atoms with Crippen molar-refractivity contribution in [2.45, 2.75) is 0 Å². The third-order valence-electron chi connectivity index (χ3n) is 3.72. The van der Waals surface area contributed by atoms with Gasteiger partial charge in [-0.05, 0) is 23.8 Å². The molecule has 8 heteroatoms. The fourth-order valence-corrected chi connectivity index (χ4v) is 2.52. The Bertz CT molecular complexity index is 894. The van der Waals surface area contributed by atoms with Gasteiger partial charge in [-0.25, -0.2) is 4.79 Å². The number of hydrogen-bond donors (Lipinski definition) is 1. The van der Waals surface area contributed by atoms with Gasteiger partial charge in [-0.2, -0.15) is 0 Å². The number of amides is 2. The summed E-state index contributed by atoms with van der Waals surface area (Å²) in [5.74, 6) is -0.420. The van der Waals surface area contributed by atoms with E-state index in [2.05, 4.69) is 5.32 Å². The summed E-state index contributed by atoms with van der Waals surface area (Å²) < 4.78 is 4.92. The number of nitrogens with zero attached hydrogens (tertiary/aromatic N) is 2. The molecule has 2 aromatic rings. The summed E-state index contributed by atoms with van der Waals surface area (Å²) in [6.07, 6.45) is 2.30. The molecule has 3 rings (SSSR count). The van der Waals surface area contributed by atoms with Crippen molar-refractivity contribution in [1.29, 1.82) is 0 Å². The van der Waals surface area contributed by atoms with E-state index in [-0.39, 0.29) is 5.69 Å². The maximum absolute atomic E-state index is 12.2. The minimum absolute atomic E-state index is 0.0505. The fraction of sp³-hybridized carbons (Fsp3) is 0.111. The number of para-hydroxylation sites is 2. The number of rotatable bonds is 5. The number of carbonyl (C=O) groups excluding carboxylic acids is 2. The van der Waals surface area contributed by atoms with Crippen LogP contribution < -0.4 is 10.2 Å². The Hall–Kier alpha value is -3.68. The third kappa shape index (κ3) is 3.86. The molecule has 1 N–H and O–H groups in total. The SMILES string of the molecule is O=C(/C=C/c1cccc([N+](=O)[O-])c1)Nc1ccccc1N1CCOC1=O. The first kappa shape index (κ1) is 17.2. The van der Waals surface area contributed by atoms with Crippen LogP contribution in [0.2, 0.25) is 0 Å². The summed E-state index contributed by atoms with van der Waals surface area (Å²) in [6, 6.07) is 12.8. The first-order valence-corrected chi connectivity index (χ1v) is 7.81. The van der Waals surface area contributed by atoms with Crippen LogP contribution in [0.1, 0.15) is 5.56 Å². The van der Waals surface area contributed by atoms with Crippen molar-refractivity contribution in [3.8, 4) is 0 Å². The van der Waals surface area contributed by atoms with Gasteiger partial charge < -0.3 is 10.1 Å². The van der Waals surface area contributed by atoms with E-state index < -0.39 is 16.9 Å². The Balaban J connectivity index is 1.74. The molecule has 26 heavy (non-hydrogen) atoms. The molecule has 132 valence electrons. The average molecular weight is 353 g/mol. The lowest BCUT2D eigenvalue weighted by molar-refractivity contribution is -0.384. The minimum atomic E-state index is -0.497. The Labute approximate surface area is 148 Å². The quantitative estimate of drug-likeness (QED) is 0.505. The Morgan fingerprint density at radius 2 is 2.04 bits per heavy atom.